The van der Waals surface area contributed by atoms with E-state index in [1.54, 1.807) is 13.2 Å². The molecular formula is C18H29NO3. The van der Waals surface area contributed by atoms with Gasteiger partial charge < -0.3 is 14.6 Å². The highest BCUT2D eigenvalue weighted by Gasteiger charge is 2.17. The first-order chi connectivity index (χ1) is 10.6. The van der Waals surface area contributed by atoms with Crippen molar-refractivity contribution in [2.24, 2.45) is 0 Å². The summed E-state index contributed by atoms with van der Waals surface area (Å²) in [4.78, 5) is 2.27. The summed E-state index contributed by atoms with van der Waals surface area (Å²) in [7, 11) is 1.67. The van der Waals surface area contributed by atoms with Crippen LogP contribution in [0.25, 0.3) is 0 Å². The van der Waals surface area contributed by atoms with Crippen molar-refractivity contribution in [1.29, 1.82) is 0 Å². The van der Waals surface area contributed by atoms with Crippen molar-refractivity contribution < 1.29 is 14.6 Å². The van der Waals surface area contributed by atoms with E-state index in [0.717, 1.165) is 18.7 Å². The molecule has 124 valence electrons. The Morgan fingerprint density at radius 3 is 2.82 bits per heavy atom. The van der Waals surface area contributed by atoms with Gasteiger partial charge in [-0.3, -0.25) is 4.90 Å². The molecule has 22 heavy (non-hydrogen) atoms. The van der Waals surface area contributed by atoms with Crippen LogP contribution in [0.5, 0.6) is 5.75 Å². The number of hydrogen-bond acceptors (Lipinski definition) is 4. The number of aliphatic hydroxyl groups is 1. The normalized spacial score (nSPS) is 13.9. The Balaban J connectivity index is 2.65. The van der Waals surface area contributed by atoms with Crippen LogP contribution < -0.4 is 4.74 Å². The highest BCUT2D eigenvalue weighted by atomic mass is 16.5. The van der Waals surface area contributed by atoms with Crippen molar-refractivity contribution in [1.82, 2.24) is 4.90 Å². The minimum Gasteiger partial charge on any atom is -0.497 e. The molecule has 0 saturated carbocycles. The van der Waals surface area contributed by atoms with Crippen molar-refractivity contribution in [3.8, 4) is 5.75 Å². The van der Waals surface area contributed by atoms with Gasteiger partial charge in [-0.15, -0.1) is 6.58 Å². The van der Waals surface area contributed by atoms with Gasteiger partial charge in [-0.1, -0.05) is 25.1 Å². The van der Waals surface area contributed by atoms with Gasteiger partial charge in [-0.05, 0) is 31.0 Å². The molecule has 1 rings (SSSR count). The van der Waals surface area contributed by atoms with E-state index in [2.05, 4.69) is 31.4 Å². The van der Waals surface area contributed by atoms with Gasteiger partial charge in [0.2, 0.25) is 0 Å². The van der Waals surface area contributed by atoms with Crippen LogP contribution in [0.3, 0.4) is 0 Å². The highest BCUT2D eigenvalue weighted by molar-refractivity contribution is 5.28. The van der Waals surface area contributed by atoms with E-state index in [4.69, 9.17) is 9.47 Å². The van der Waals surface area contributed by atoms with E-state index in [1.807, 2.05) is 18.2 Å². The summed E-state index contributed by atoms with van der Waals surface area (Å²) in [5.74, 6) is 0.858. The molecule has 2 atom stereocenters. The zero-order valence-corrected chi connectivity index (χ0v) is 14.0. The van der Waals surface area contributed by atoms with Crippen LogP contribution in [0.2, 0.25) is 0 Å². The number of hydrogen-bond donors (Lipinski definition) is 1. The quantitative estimate of drug-likeness (QED) is 0.504. The van der Waals surface area contributed by atoms with Gasteiger partial charge in [0.05, 0.1) is 26.4 Å². The Morgan fingerprint density at radius 1 is 1.41 bits per heavy atom. The highest BCUT2D eigenvalue weighted by Crippen LogP contribution is 2.16. The Morgan fingerprint density at radius 2 is 2.18 bits per heavy atom. The summed E-state index contributed by atoms with van der Waals surface area (Å²) < 4.78 is 10.6. The molecular weight excluding hydrogens is 278 g/mol. The first-order valence-corrected chi connectivity index (χ1v) is 7.84. The minimum atomic E-state index is -0.500. The zero-order chi connectivity index (χ0) is 16.4. The lowest BCUT2D eigenvalue weighted by atomic mass is 10.1. The number of benzene rings is 1. The van der Waals surface area contributed by atoms with E-state index in [1.165, 1.54) is 5.56 Å². The molecule has 0 radical (unpaired) electrons. The molecule has 0 saturated heterocycles. The predicted molar refractivity (Wildman–Crippen MR) is 90.2 cm³/mol. The second kappa shape index (κ2) is 10.4. The van der Waals surface area contributed by atoms with E-state index in [9.17, 15) is 5.11 Å². The third-order valence-corrected chi connectivity index (χ3v) is 3.73. The molecule has 0 amide bonds. The minimum absolute atomic E-state index is 0.330. The van der Waals surface area contributed by atoms with Crippen LogP contribution >= 0.6 is 0 Å². The van der Waals surface area contributed by atoms with Crippen LogP contribution in [0.15, 0.2) is 36.9 Å². The van der Waals surface area contributed by atoms with E-state index >= 15 is 0 Å². The Bertz CT molecular complexity index is 436. The van der Waals surface area contributed by atoms with Gasteiger partial charge in [-0.2, -0.15) is 0 Å². The first kappa shape index (κ1) is 18.7. The van der Waals surface area contributed by atoms with Crippen LogP contribution in [-0.2, 0) is 11.3 Å². The molecule has 2 unspecified atom stereocenters. The fourth-order valence-corrected chi connectivity index (χ4v) is 2.27. The number of methoxy groups -OCH3 is 1. The maximum absolute atomic E-state index is 10.1. The average molecular weight is 307 g/mol. The van der Waals surface area contributed by atoms with Gasteiger partial charge in [0, 0.05) is 19.1 Å². The van der Waals surface area contributed by atoms with Crippen molar-refractivity contribution in [3.05, 3.63) is 42.5 Å². The van der Waals surface area contributed by atoms with E-state index < -0.39 is 6.10 Å². The molecule has 4 heteroatoms. The van der Waals surface area contributed by atoms with Crippen molar-refractivity contribution in [2.75, 3.05) is 26.9 Å². The molecule has 1 N–H and O–H groups in total. The lowest BCUT2D eigenvalue weighted by Gasteiger charge is -2.30. The van der Waals surface area contributed by atoms with Crippen molar-refractivity contribution in [2.45, 2.75) is 39.0 Å². The number of nitrogens with zero attached hydrogens (tertiary/aromatic N) is 1. The average Bonchev–Trinajstić information content (AvgIpc) is 2.54. The van der Waals surface area contributed by atoms with Gasteiger partial charge in [0.1, 0.15) is 5.75 Å². The largest absolute Gasteiger partial charge is 0.497 e. The summed E-state index contributed by atoms with van der Waals surface area (Å²) >= 11 is 0. The fourth-order valence-electron chi connectivity index (χ4n) is 2.27. The molecule has 0 bridgehead atoms. The molecule has 0 aliphatic carbocycles. The molecule has 1 aromatic carbocycles. The monoisotopic (exact) mass is 307 g/mol. The third kappa shape index (κ3) is 6.60. The SMILES string of the molecule is C=CCOCC(O)CN(Cc1cccc(OC)c1)C(C)CC. The van der Waals surface area contributed by atoms with Crippen LogP contribution in [0.1, 0.15) is 25.8 Å². The molecule has 4 nitrogen and oxygen atoms in total. The number of ether oxygens (including phenoxy) is 2. The molecule has 0 aliphatic heterocycles. The van der Waals surface area contributed by atoms with Gasteiger partial charge in [-0.25, -0.2) is 0 Å². The summed E-state index contributed by atoms with van der Waals surface area (Å²) in [5, 5.41) is 10.1. The summed E-state index contributed by atoms with van der Waals surface area (Å²) in [6.07, 6.45) is 2.22. The lowest BCUT2D eigenvalue weighted by Crippen LogP contribution is -2.39. The first-order valence-electron chi connectivity index (χ1n) is 7.84. The second-order valence-electron chi connectivity index (χ2n) is 5.52. The molecule has 0 aromatic heterocycles. The zero-order valence-electron chi connectivity index (χ0n) is 14.0. The molecule has 0 aliphatic rings. The molecule has 0 fully saturated rings. The molecule has 0 heterocycles. The molecule has 0 spiro atoms. The van der Waals surface area contributed by atoms with Crippen molar-refractivity contribution >= 4 is 0 Å². The Labute approximate surface area is 134 Å². The second-order valence-corrected chi connectivity index (χ2v) is 5.52. The molecule has 1 aromatic rings. The standard InChI is InChI=1S/C18H29NO3/c1-5-10-22-14-17(20)13-19(15(3)6-2)12-16-8-7-9-18(11-16)21-4/h5,7-9,11,15,17,20H,1,6,10,12-14H2,2-4H3. The smallest absolute Gasteiger partial charge is 0.119 e. The number of rotatable bonds is 11. The van der Waals surface area contributed by atoms with Crippen LogP contribution in [0.4, 0.5) is 0 Å². The van der Waals surface area contributed by atoms with Gasteiger partial charge in [0.15, 0.2) is 0 Å². The maximum atomic E-state index is 10.1. The summed E-state index contributed by atoms with van der Waals surface area (Å²) in [5.41, 5.74) is 1.18. The lowest BCUT2D eigenvalue weighted by molar-refractivity contribution is 0.0157. The van der Waals surface area contributed by atoms with E-state index in [-0.39, 0.29) is 0 Å². The topological polar surface area (TPSA) is 41.9 Å². The van der Waals surface area contributed by atoms with Crippen molar-refractivity contribution in [3.63, 3.8) is 0 Å². The predicted octanol–water partition coefficient (Wildman–Crippen LogP) is 2.86. The Hall–Kier alpha value is -1.36. The number of aliphatic hydroxyl groups excluding tert-OH is 1. The van der Waals surface area contributed by atoms with Crippen LogP contribution in [0, 0.1) is 0 Å². The van der Waals surface area contributed by atoms with Gasteiger partial charge in [0.25, 0.3) is 0 Å². The van der Waals surface area contributed by atoms with E-state index in [0.29, 0.717) is 25.8 Å². The summed E-state index contributed by atoms with van der Waals surface area (Å²) in [6.45, 7) is 10.1. The van der Waals surface area contributed by atoms with Gasteiger partial charge >= 0.3 is 0 Å². The fraction of sp³-hybridized carbons (Fsp3) is 0.556. The third-order valence-electron chi connectivity index (χ3n) is 3.73. The summed E-state index contributed by atoms with van der Waals surface area (Å²) in [6, 6.07) is 8.44. The maximum Gasteiger partial charge on any atom is 0.119 e. The van der Waals surface area contributed by atoms with Crippen LogP contribution in [-0.4, -0.2) is 49.0 Å². The Kier molecular flexibility index (Phi) is 8.82.